The molecule has 10 nitrogen and oxygen atoms in total. The summed E-state index contributed by atoms with van der Waals surface area (Å²) in [6.45, 7) is 0. The van der Waals surface area contributed by atoms with E-state index >= 15 is 0 Å². The summed E-state index contributed by atoms with van der Waals surface area (Å²) in [5.41, 5.74) is 8.41. The van der Waals surface area contributed by atoms with Crippen LogP contribution in [0.15, 0.2) is 237 Å². The Balaban J connectivity index is 0.988. The van der Waals surface area contributed by atoms with Gasteiger partial charge in [0, 0.05) is 66.1 Å². The van der Waals surface area contributed by atoms with E-state index in [1.807, 2.05) is 221 Å². The minimum Gasteiger partial charge on any atom is -0.309 e. The third-order valence-electron chi connectivity index (χ3n) is 14.7. The number of hydrogen-bond donors (Lipinski definition) is 0. The van der Waals surface area contributed by atoms with E-state index in [0.717, 1.165) is 83.6 Å². The second-order valence-corrected chi connectivity index (χ2v) is 19.6. The largest absolute Gasteiger partial charge is 0.416 e. The van der Waals surface area contributed by atoms with Gasteiger partial charge in [-0.15, -0.1) is 0 Å². The first-order chi connectivity index (χ1) is 40.2. The van der Waals surface area contributed by atoms with E-state index < -0.39 is 11.7 Å². The van der Waals surface area contributed by atoms with Crippen LogP contribution in [0.5, 0.6) is 0 Å². The Bertz CT molecular complexity index is 4810. The summed E-state index contributed by atoms with van der Waals surface area (Å²) in [6, 6.07) is 77.8. The topological polar surface area (TPSA) is 135 Å². The maximum Gasteiger partial charge on any atom is 0.416 e. The van der Waals surface area contributed by atoms with Gasteiger partial charge in [0.1, 0.15) is 6.07 Å². The normalized spacial score (nSPS) is 11.6. The molecule has 10 aromatic carbocycles. The van der Waals surface area contributed by atoms with Gasteiger partial charge in [0.2, 0.25) is 0 Å². The van der Waals surface area contributed by atoms with Crippen molar-refractivity contribution in [1.82, 2.24) is 39.0 Å². The van der Waals surface area contributed by atoms with Gasteiger partial charge in [0.25, 0.3) is 0 Å². The maximum absolute atomic E-state index is 14.5. The van der Waals surface area contributed by atoms with Crippen LogP contribution in [0, 0.1) is 22.7 Å². The monoisotopic (exact) mass is 1060 g/mol. The van der Waals surface area contributed by atoms with Gasteiger partial charge in [0.05, 0.1) is 56.2 Å². The lowest BCUT2D eigenvalue weighted by molar-refractivity contribution is -0.137. The second kappa shape index (κ2) is 19.8. The highest BCUT2D eigenvalue weighted by molar-refractivity contribution is 6.12. The van der Waals surface area contributed by atoms with Gasteiger partial charge in [-0.25, -0.2) is 29.9 Å². The van der Waals surface area contributed by atoms with E-state index in [9.17, 15) is 23.7 Å². The van der Waals surface area contributed by atoms with Gasteiger partial charge in [-0.2, -0.15) is 23.7 Å². The molecule has 4 heterocycles. The molecule has 0 aliphatic rings. The molecule has 0 amide bonds. The molecule has 0 unspecified atom stereocenters. The lowest BCUT2D eigenvalue weighted by Gasteiger charge is -2.20. The van der Waals surface area contributed by atoms with Crippen LogP contribution in [0.1, 0.15) is 16.7 Å². The molecule has 14 aromatic rings. The number of halogens is 3. The zero-order valence-corrected chi connectivity index (χ0v) is 43.1. The number of aromatic nitrogens is 8. The molecule has 0 atom stereocenters. The minimum absolute atomic E-state index is 0.193. The van der Waals surface area contributed by atoms with Crippen molar-refractivity contribution >= 4 is 43.6 Å². The summed E-state index contributed by atoms with van der Waals surface area (Å²) in [5, 5.41) is 25.5. The Morgan fingerprint density at radius 2 is 0.671 bits per heavy atom. The fourth-order valence-corrected chi connectivity index (χ4v) is 10.9. The first-order valence-electron chi connectivity index (χ1n) is 26.2. The molecule has 82 heavy (non-hydrogen) atoms. The van der Waals surface area contributed by atoms with Gasteiger partial charge in [-0.1, -0.05) is 164 Å². The maximum atomic E-state index is 14.5. The summed E-state index contributed by atoms with van der Waals surface area (Å²) < 4.78 is 47.4. The Morgan fingerprint density at radius 1 is 0.305 bits per heavy atom. The van der Waals surface area contributed by atoms with Crippen molar-refractivity contribution < 1.29 is 13.2 Å². The van der Waals surface area contributed by atoms with Crippen molar-refractivity contribution in [3.05, 3.63) is 253 Å². The highest BCUT2D eigenvalue weighted by atomic mass is 19.4. The van der Waals surface area contributed by atoms with Crippen LogP contribution in [-0.4, -0.2) is 39.0 Å². The Hall–Kier alpha value is -11.4. The number of nitrogens with zero attached hydrogens (tertiary/aromatic N) is 10. The number of para-hydroxylation sites is 2. The number of fused-ring (bicyclic) bond motifs is 6. The lowest BCUT2D eigenvalue weighted by Crippen LogP contribution is -2.07. The highest BCUT2D eigenvalue weighted by Gasteiger charge is 2.32. The van der Waals surface area contributed by atoms with E-state index in [1.165, 1.54) is 6.07 Å². The molecular formula is C69H39F3N10. The van der Waals surface area contributed by atoms with Crippen molar-refractivity contribution in [3.8, 4) is 103 Å². The summed E-state index contributed by atoms with van der Waals surface area (Å²) in [6.07, 6.45) is -4.72. The van der Waals surface area contributed by atoms with Crippen LogP contribution in [-0.2, 0) is 6.18 Å². The van der Waals surface area contributed by atoms with Crippen LogP contribution in [0.25, 0.3) is 134 Å². The van der Waals surface area contributed by atoms with Crippen LogP contribution < -0.4 is 0 Å². The second-order valence-electron chi connectivity index (χ2n) is 19.6. The molecule has 14 rings (SSSR count). The van der Waals surface area contributed by atoms with Crippen molar-refractivity contribution in [2.24, 2.45) is 0 Å². The van der Waals surface area contributed by atoms with E-state index in [0.29, 0.717) is 57.4 Å². The van der Waals surface area contributed by atoms with Gasteiger partial charge in [0.15, 0.2) is 34.9 Å². The summed E-state index contributed by atoms with van der Waals surface area (Å²) in [7, 11) is 0. The first-order valence-corrected chi connectivity index (χ1v) is 26.2. The third-order valence-corrected chi connectivity index (χ3v) is 14.7. The van der Waals surface area contributed by atoms with Crippen LogP contribution in [0.2, 0.25) is 0 Å². The number of benzene rings is 10. The molecule has 0 spiro atoms. The van der Waals surface area contributed by atoms with Crippen molar-refractivity contribution in [1.29, 1.82) is 10.5 Å². The molecule has 0 radical (unpaired) electrons. The fourth-order valence-electron chi connectivity index (χ4n) is 10.9. The van der Waals surface area contributed by atoms with Gasteiger partial charge < -0.3 is 9.13 Å². The van der Waals surface area contributed by atoms with Crippen molar-refractivity contribution in [3.63, 3.8) is 0 Å². The average molecular weight is 1070 g/mol. The van der Waals surface area contributed by atoms with Gasteiger partial charge in [-0.05, 0) is 72.8 Å². The zero-order chi connectivity index (χ0) is 55.5. The Morgan fingerprint density at radius 3 is 1.07 bits per heavy atom. The van der Waals surface area contributed by atoms with Crippen LogP contribution >= 0.6 is 0 Å². The molecule has 0 aliphatic heterocycles. The third kappa shape index (κ3) is 8.54. The Labute approximate surface area is 466 Å². The highest BCUT2D eigenvalue weighted by Crippen LogP contribution is 2.44. The van der Waals surface area contributed by atoms with Gasteiger partial charge >= 0.3 is 6.18 Å². The smallest absolute Gasteiger partial charge is 0.309 e. The minimum atomic E-state index is -4.72. The van der Waals surface area contributed by atoms with Crippen LogP contribution in [0.3, 0.4) is 0 Å². The summed E-state index contributed by atoms with van der Waals surface area (Å²) in [4.78, 5) is 29.8. The van der Waals surface area contributed by atoms with Crippen LogP contribution in [0.4, 0.5) is 13.2 Å². The molecule has 0 saturated heterocycles. The van der Waals surface area contributed by atoms with E-state index in [1.54, 1.807) is 6.07 Å². The molecule has 0 saturated carbocycles. The number of nitriles is 2. The Kier molecular flexibility index (Phi) is 11.8. The summed E-state index contributed by atoms with van der Waals surface area (Å²) >= 11 is 0. The van der Waals surface area contributed by atoms with E-state index in [-0.39, 0.29) is 16.7 Å². The standard InChI is InChI=1S/C69H39F3N10/c70-69(71,72)50-31-32-51(48(35-50)40-73)56-39-61(81-57-27-15-13-25-52(57)54-36-46(29-33-59(54)81)67-77-63(42-17-5-1-6-18-42)75-64(78-67)43-19-7-2-8-20-43)49(41-74)38-62(56)82-58-28-16-14-26-53(58)55-37-47(30-34-60(55)82)68-79-65(44-21-9-3-10-22-44)76-66(80-68)45-23-11-4-12-24-45/h1-39H. The first kappa shape index (κ1) is 48.9. The molecule has 0 aliphatic carbocycles. The zero-order valence-electron chi connectivity index (χ0n) is 43.1. The van der Waals surface area contributed by atoms with Crippen molar-refractivity contribution in [2.75, 3.05) is 0 Å². The van der Waals surface area contributed by atoms with Crippen molar-refractivity contribution in [2.45, 2.75) is 6.18 Å². The quantitative estimate of drug-likeness (QED) is 0.139. The van der Waals surface area contributed by atoms with Gasteiger partial charge in [-0.3, -0.25) is 0 Å². The molecule has 386 valence electrons. The number of hydrogen-bond acceptors (Lipinski definition) is 8. The lowest BCUT2D eigenvalue weighted by atomic mass is 9.94. The summed E-state index contributed by atoms with van der Waals surface area (Å²) in [5.74, 6) is 2.95. The number of alkyl halides is 3. The average Bonchev–Trinajstić information content (AvgIpc) is 3.24. The molecule has 0 fully saturated rings. The van der Waals surface area contributed by atoms with E-state index in [2.05, 4.69) is 12.1 Å². The SMILES string of the molecule is N#Cc1cc(C(F)(F)F)ccc1-c1cc(-n2c3ccccc3c3cc(-c4nc(-c5ccccc5)nc(-c5ccccc5)n4)ccc32)c(C#N)cc1-n1c2ccccc2c2cc(-c3nc(-c4ccccc4)nc(-c4ccccc4)n3)ccc21. The predicted octanol–water partition coefficient (Wildman–Crippen LogP) is 16.7. The molecule has 0 bridgehead atoms. The fraction of sp³-hybridized carbons (Fsp3) is 0.0145. The molecular weight excluding hydrogens is 1030 g/mol. The predicted molar refractivity (Wildman–Crippen MR) is 314 cm³/mol. The molecule has 4 aromatic heterocycles. The van der Waals surface area contributed by atoms with E-state index in [4.69, 9.17) is 29.9 Å². The molecule has 13 heteroatoms. The molecule has 0 N–H and O–H groups in total. The number of rotatable bonds is 9.